The second-order valence-electron chi connectivity index (χ2n) is 5.09. The molecule has 1 aromatic carbocycles. The fourth-order valence-corrected chi connectivity index (χ4v) is 2.03. The number of ether oxygens (including phenoxy) is 1. The smallest absolute Gasteiger partial charge is 0.337 e. The van der Waals surface area contributed by atoms with Crippen LogP contribution in [0, 0.1) is 0 Å². The highest BCUT2D eigenvalue weighted by molar-refractivity contribution is 5.82. The number of aromatic nitrogens is 1. The molecular formula is C15H19NO4. The molecule has 1 unspecified atom stereocenters. The van der Waals surface area contributed by atoms with Crippen LogP contribution in [0.2, 0.25) is 0 Å². The molecule has 0 saturated carbocycles. The number of carbonyl (C=O) groups is 1. The van der Waals surface area contributed by atoms with Crippen LogP contribution in [-0.2, 0) is 11.3 Å². The van der Waals surface area contributed by atoms with Gasteiger partial charge in [0.25, 0.3) is 0 Å². The number of carboxylic acid groups (broad SMARTS) is 1. The Balaban J connectivity index is 2.27. The maximum Gasteiger partial charge on any atom is 0.337 e. The number of aliphatic hydroxyl groups is 1. The number of rotatable bonds is 6. The van der Waals surface area contributed by atoms with E-state index in [1.807, 2.05) is 31.2 Å². The maximum absolute atomic E-state index is 11.0. The Morgan fingerprint density at radius 1 is 1.40 bits per heavy atom. The second-order valence-corrected chi connectivity index (χ2v) is 5.09. The Kier molecular flexibility index (Phi) is 3.99. The minimum Gasteiger partial charge on any atom is -0.494 e. The molecule has 0 bridgehead atoms. The quantitative estimate of drug-likeness (QED) is 0.849. The van der Waals surface area contributed by atoms with Gasteiger partial charge in [0.2, 0.25) is 0 Å². The summed E-state index contributed by atoms with van der Waals surface area (Å²) in [6.07, 6.45) is 2.71. The van der Waals surface area contributed by atoms with E-state index in [0.29, 0.717) is 6.61 Å². The summed E-state index contributed by atoms with van der Waals surface area (Å²) in [7, 11) is 0. The average Bonchev–Trinajstić information content (AvgIpc) is 2.78. The molecule has 0 amide bonds. The predicted octanol–water partition coefficient (Wildman–Crippen LogP) is 2.27. The SMILES string of the molecule is CCCOc1ccc2c(ccn2CC(C)(O)C(=O)O)c1. The van der Waals surface area contributed by atoms with E-state index in [1.54, 1.807) is 10.8 Å². The first-order valence-electron chi connectivity index (χ1n) is 6.61. The Hall–Kier alpha value is -2.01. The molecule has 0 spiro atoms. The van der Waals surface area contributed by atoms with Crippen LogP contribution in [-0.4, -0.2) is 33.0 Å². The molecule has 108 valence electrons. The van der Waals surface area contributed by atoms with Gasteiger partial charge in [0.05, 0.1) is 13.2 Å². The zero-order chi connectivity index (χ0) is 14.8. The van der Waals surface area contributed by atoms with Gasteiger partial charge in [-0.2, -0.15) is 0 Å². The Morgan fingerprint density at radius 2 is 2.15 bits per heavy atom. The lowest BCUT2D eigenvalue weighted by Gasteiger charge is -2.19. The first-order valence-corrected chi connectivity index (χ1v) is 6.61. The monoisotopic (exact) mass is 277 g/mol. The highest BCUT2D eigenvalue weighted by Crippen LogP contribution is 2.23. The molecule has 0 saturated heterocycles. The van der Waals surface area contributed by atoms with Gasteiger partial charge in [0.15, 0.2) is 5.60 Å². The highest BCUT2D eigenvalue weighted by atomic mass is 16.5. The lowest BCUT2D eigenvalue weighted by atomic mass is 10.1. The summed E-state index contributed by atoms with van der Waals surface area (Å²) in [5.41, 5.74) is -0.918. The summed E-state index contributed by atoms with van der Waals surface area (Å²) in [6.45, 7) is 4.00. The van der Waals surface area contributed by atoms with Crippen molar-refractivity contribution >= 4 is 16.9 Å². The van der Waals surface area contributed by atoms with Gasteiger partial charge in [0, 0.05) is 17.1 Å². The van der Waals surface area contributed by atoms with E-state index in [4.69, 9.17) is 9.84 Å². The van der Waals surface area contributed by atoms with Crippen molar-refractivity contribution in [3.05, 3.63) is 30.5 Å². The molecule has 20 heavy (non-hydrogen) atoms. The van der Waals surface area contributed by atoms with E-state index in [-0.39, 0.29) is 6.54 Å². The Bertz CT molecular complexity index is 615. The van der Waals surface area contributed by atoms with Crippen molar-refractivity contribution in [2.24, 2.45) is 0 Å². The van der Waals surface area contributed by atoms with Crippen molar-refractivity contribution in [3.63, 3.8) is 0 Å². The molecule has 2 aromatic rings. The molecule has 5 heteroatoms. The van der Waals surface area contributed by atoms with Crippen LogP contribution in [0.3, 0.4) is 0 Å². The van der Waals surface area contributed by atoms with Gasteiger partial charge in [-0.15, -0.1) is 0 Å². The van der Waals surface area contributed by atoms with Crippen molar-refractivity contribution in [1.29, 1.82) is 0 Å². The van der Waals surface area contributed by atoms with Crippen LogP contribution in [0.4, 0.5) is 0 Å². The molecule has 0 aliphatic heterocycles. The van der Waals surface area contributed by atoms with Crippen LogP contribution >= 0.6 is 0 Å². The van der Waals surface area contributed by atoms with Crippen LogP contribution in [0.15, 0.2) is 30.5 Å². The molecule has 0 fully saturated rings. The molecule has 0 radical (unpaired) electrons. The lowest BCUT2D eigenvalue weighted by molar-refractivity contribution is -0.157. The van der Waals surface area contributed by atoms with Crippen molar-refractivity contribution in [2.45, 2.75) is 32.4 Å². The van der Waals surface area contributed by atoms with E-state index >= 15 is 0 Å². The first-order chi connectivity index (χ1) is 9.44. The van der Waals surface area contributed by atoms with E-state index in [2.05, 4.69) is 0 Å². The van der Waals surface area contributed by atoms with Crippen molar-refractivity contribution in [2.75, 3.05) is 6.61 Å². The zero-order valence-electron chi connectivity index (χ0n) is 11.7. The van der Waals surface area contributed by atoms with Gasteiger partial charge in [-0.1, -0.05) is 6.92 Å². The molecule has 1 heterocycles. The van der Waals surface area contributed by atoms with Crippen LogP contribution in [0.5, 0.6) is 5.75 Å². The first kappa shape index (κ1) is 14.4. The molecule has 1 aromatic heterocycles. The van der Waals surface area contributed by atoms with Gasteiger partial charge >= 0.3 is 5.97 Å². The van der Waals surface area contributed by atoms with Gasteiger partial charge in [0.1, 0.15) is 5.75 Å². The van der Waals surface area contributed by atoms with Gasteiger partial charge in [-0.05, 0) is 37.6 Å². The summed E-state index contributed by atoms with van der Waals surface area (Å²) < 4.78 is 7.29. The summed E-state index contributed by atoms with van der Waals surface area (Å²) in [5.74, 6) is -0.440. The number of benzene rings is 1. The lowest BCUT2D eigenvalue weighted by Crippen LogP contribution is -2.39. The van der Waals surface area contributed by atoms with Gasteiger partial charge in [-0.25, -0.2) is 4.79 Å². The molecular weight excluding hydrogens is 258 g/mol. The molecule has 1 atom stereocenters. The molecule has 2 rings (SSSR count). The van der Waals surface area contributed by atoms with E-state index in [0.717, 1.165) is 23.1 Å². The largest absolute Gasteiger partial charge is 0.494 e. The fourth-order valence-electron chi connectivity index (χ4n) is 2.03. The third-order valence-corrected chi connectivity index (χ3v) is 3.15. The van der Waals surface area contributed by atoms with Crippen molar-refractivity contribution < 1.29 is 19.7 Å². The molecule has 5 nitrogen and oxygen atoms in total. The summed E-state index contributed by atoms with van der Waals surface area (Å²) >= 11 is 0. The number of nitrogens with zero attached hydrogens (tertiary/aromatic N) is 1. The summed E-state index contributed by atoms with van der Waals surface area (Å²) in [5, 5.41) is 19.8. The van der Waals surface area contributed by atoms with Crippen molar-refractivity contribution in [3.8, 4) is 5.75 Å². The number of carboxylic acids is 1. The summed E-state index contributed by atoms with van der Waals surface area (Å²) in [6, 6.07) is 7.52. The van der Waals surface area contributed by atoms with Gasteiger partial charge < -0.3 is 19.5 Å². The average molecular weight is 277 g/mol. The number of hydrogen-bond donors (Lipinski definition) is 2. The third kappa shape index (κ3) is 2.93. The van der Waals surface area contributed by atoms with Crippen molar-refractivity contribution in [1.82, 2.24) is 4.57 Å². The number of aliphatic carboxylic acids is 1. The molecule has 0 aliphatic carbocycles. The zero-order valence-corrected chi connectivity index (χ0v) is 11.7. The fraction of sp³-hybridized carbons (Fsp3) is 0.400. The maximum atomic E-state index is 11.0. The normalized spacial score (nSPS) is 14.2. The Labute approximate surface area is 117 Å². The topological polar surface area (TPSA) is 71.7 Å². The highest BCUT2D eigenvalue weighted by Gasteiger charge is 2.30. The predicted molar refractivity (Wildman–Crippen MR) is 76.0 cm³/mol. The van der Waals surface area contributed by atoms with Crippen LogP contribution < -0.4 is 4.74 Å². The standard InChI is InChI=1S/C15H19NO4/c1-3-8-20-12-4-5-13-11(9-12)6-7-16(13)10-15(2,19)14(17)18/h4-7,9,19H,3,8,10H2,1-2H3,(H,17,18). The minimum absolute atomic E-state index is 0.000989. The van der Waals surface area contributed by atoms with Crippen LogP contribution in [0.25, 0.3) is 10.9 Å². The molecule has 0 aliphatic rings. The van der Waals surface area contributed by atoms with E-state index in [9.17, 15) is 9.90 Å². The number of fused-ring (bicyclic) bond motifs is 1. The van der Waals surface area contributed by atoms with Gasteiger partial charge in [-0.3, -0.25) is 0 Å². The molecule has 2 N–H and O–H groups in total. The minimum atomic E-state index is -1.79. The Morgan fingerprint density at radius 3 is 2.80 bits per heavy atom. The second kappa shape index (κ2) is 5.54. The van der Waals surface area contributed by atoms with E-state index in [1.165, 1.54) is 6.92 Å². The summed E-state index contributed by atoms with van der Waals surface area (Å²) in [4.78, 5) is 11.0. The third-order valence-electron chi connectivity index (χ3n) is 3.15. The number of hydrogen-bond acceptors (Lipinski definition) is 3. The van der Waals surface area contributed by atoms with E-state index < -0.39 is 11.6 Å². The van der Waals surface area contributed by atoms with Crippen LogP contribution in [0.1, 0.15) is 20.3 Å².